The number of piperidine rings is 1. The molecule has 20 heavy (non-hydrogen) atoms. The molecule has 1 saturated heterocycles. The summed E-state index contributed by atoms with van der Waals surface area (Å²) in [6.45, 7) is 3.14. The number of rotatable bonds is 5. The first-order valence-corrected chi connectivity index (χ1v) is 8.44. The summed E-state index contributed by atoms with van der Waals surface area (Å²) in [5, 5.41) is 5.43. The van der Waals surface area contributed by atoms with Crippen LogP contribution in [0.15, 0.2) is 23.6 Å². The summed E-state index contributed by atoms with van der Waals surface area (Å²) in [4.78, 5) is 15.7. The van der Waals surface area contributed by atoms with Crippen molar-refractivity contribution in [2.24, 2.45) is 5.92 Å². The zero-order chi connectivity index (χ0) is 13.8. The zero-order valence-electron chi connectivity index (χ0n) is 11.8. The molecule has 2 heterocycles. The number of thiophene rings is 1. The first kappa shape index (κ1) is 13.8. The van der Waals surface area contributed by atoms with Crippen LogP contribution in [0.3, 0.4) is 0 Å². The third kappa shape index (κ3) is 3.70. The lowest BCUT2D eigenvalue weighted by atomic mass is 9.97. The number of nitrogens with one attached hydrogen (secondary N) is 1. The molecule has 2 aliphatic rings. The summed E-state index contributed by atoms with van der Waals surface area (Å²) >= 11 is 1.67. The van der Waals surface area contributed by atoms with Crippen LogP contribution in [0.5, 0.6) is 0 Å². The maximum atomic E-state index is 12.4. The van der Waals surface area contributed by atoms with Gasteiger partial charge in [-0.05, 0) is 62.2 Å². The second-order valence-corrected chi connectivity index (χ2v) is 6.74. The summed E-state index contributed by atoms with van der Waals surface area (Å²) in [6, 6.07) is 4.57. The van der Waals surface area contributed by atoms with Gasteiger partial charge < -0.3 is 10.2 Å². The van der Waals surface area contributed by atoms with Crippen molar-refractivity contribution in [3.63, 3.8) is 0 Å². The van der Waals surface area contributed by atoms with E-state index >= 15 is 0 Å². The fourth-order valence-corrected chi connectivity index (χ4v) is 3.40. The van der Waals surface area contributed by atoms with Crippen molar-refractivity contribution in [3.8, 4) is 0 Å². The minimum absolute atomic E-state index is 0.194. The van der Waals surface area contributed by atoms with E-state index in [2.05, 4.69) is 10.2 Å². The molecule has 1 saturated carbocycles. The highest BCUT2D eigenvalue weighted by Gasteiger charge is 2.33. The number of hydrogen-bond acceptors (Lipinski definition) is 3. The maximum Gasteiger partial charge on any atom is 0.246 e. The van der Waals surface area contributed by atoms with Crippen LogP contribution in [0.25, 0.3) is 6.08 Å². The molecule has 0 radical (unpaired) electrons. The molecule has 1 aromatic rings. The van der Waals surface area contributed by atoms with E-state index in [-0.39, 0.29) is 5.91 Å². The Balaban J connectivity index is 1.59. The molecule has 0 bridgehead atoms. The SMILES string of the molecule is O=C(C=Cc1cccs1)N(CC1CCNCC1)C1CC1. The van der Waals surface area contributed by atoms with Crippen LogP contribution in [0.1, 0.15) is 30.6 Å². The van der Waals surface area contributed by atoms with Crippen molar-refractivity contribution in [2.45, 2.75) is 31.7 Å². The van der Waals surface area contributed by atoms with E-state index in [1.54, 1.807) is 17.4 Å². The van der Waals surface area contributed by atoms with Crippen LogP contribution in [0.2, 0.25) is 0 Å². The molecule has 1 N–H and O–H groups in total. The van der Waals surface area contributed by atoms with E-state index < -0.39 is 0 Å². The normalized spacial score (nSPS) is 20.4. The Morgan fingerprint density at radius 3 is 2.80 bits per heavy atom. The number of nitrogens with zero attached hydrogens (tertiary/aromatic N) is 1. The molecule has 3 nitrogen and oxygen atoms in total. The molecule has 1 aliphatic carbocycles. The van der Waals surface area contributed by atoms with Gasteiger partial charge in [-0.25, -0.2) is 0 Å². The van der Waals surface area contributed by atoms with Crippen molar-refractivity contribution in [3.05, 3.63) is 28.5 Å². The Morgan fingerprint density at radius 1 is 1.35 bits per heavy atom. The minimum Gasteiger partial charge on any atom is -0.336 e. The van der Waals surface area contributed by atoms with E-state index in [0.717, 1.165) is 24.5 Å². The Hall–Kier alpha value is -1.13. The average molecular weight is 290 g/mol. The van der Waals surface area contributed by atoms with E-state index in [1.807, 2.05) is 23.6 Å². The fraction of sp³-hybridized carbons (Fsp3) is 0.562. The Kier molecular flexibility index (Phi) is 4.53. The van der Waals surface area contributed by atoms with Crippen molar-refractivity contribution in [1.82, 2.24) is 10.2 Å². The van der Waals surface area contributed by atoms with Gasteiger partial charge in [0.05, 0.1) is 0 Å². The monoisotopic (exact) mass is 290 g/mol. The highest BCUT2D eigenvalue weighted by Crippen LogP contribution is 2.29. The summed E-state index contributed by atoms with van der Waals surface area (Å²) in [5.41, 5.74) is 0. The summed E-state index contributed by atoms with van der Waals surface area (Å²) < 4.78 is 0. The van der Waals surface area contributed by atoms with Crippen LogP contribution in [0, 0.1) is 5.92 Å². The highest BCUT2D eigenvalue weighted by atomic mass is 32.1. The van der Waals surface area contributed by atoms with Crippen LogP contribution in [-0.2, 0) is 4.79 Å². The van der Waals surface area contributed by atoms with E-state index in [1.165, 1.54) is 25.7 Å². The van der Waals surface area contributed by atoms with Gasteiger partial charge in [0.25, 0.3) is 0 Å². The van der Waals surface area contributed by atoms with E-state index in [4.69, 9.17) is 0 Å². The smallest absolute Gasteiger partial charge is 0.246 e. The van der Waals surface area contributed by atoms with Gasteiger partial charge in [0, 0.05) is 23.5 Å². The predicted molar refractivity (Wildman–Crippen MR) is 83.7 cm³/mol. The lowest BCUT2D eigenvalue weighted by molar-refractivity contribution is -0.127. The van der Waals surface area contributed by atoms with Gasteiger partial charge in [0.15, 0.2) is 0 Å². The minimum atomic E-state index is 0.194. The second kappa shape index (κ2) is 6.55. The number of amides is 1. The molecule has 1 amide bonds. The molecule has 2 fully saturated rings. The quantitative estimate of drug-likeness (QED) is 0.846. The molecular weight excluding hydrogens is 268 g/mol. The van der Waals surface area contributed by atoms with Crippen molar-refractivity contribution < 1.29 is 4.79 Å². The fourth-order valence-electron chi connectivity index (χ4n) is 2.78. The Labute approximate surface area is 124 Å². The molecule has 0 spiro atoms. The average Bonchev–Trinajstić information content (AvgIpc) is 3.19. The maximum absolute atomic E-state index is 12.4. The van der Waals surface area contributed by atoms with E-state index in [0.29, 0.717) is 12.0 Å². The van der Waals surface area contributed by atoms with Gasteiger partial charge in [0.1, 0.15) is 0 Å². The molecular formula is C16H22N2OS. The lowest BCUT2D eigenvalue weighted by Crippen LogP contribution is -2.39. The first-order chi connectivity index (χ1) is 9.83. The molecule has 0 atom stereocenters. The molecule has 108 valence electrons. The Bertz CT molecular complexity index is 459. The summed E-state index contributed by atoms with van der Waals surface area (Å²) in [7, 11) is 0. The van der Waals surface area contributed by atoms with Crippen LogP contribution >= 0.6 is 11.3 Å². The largest absolute Gasteiger partial charge is 0.336 e. The highest BCUT2D eigenvalue weighted by molar-refractivity contribution is 7.10. The number of carbonyl (C=O) groups is 1. The van der Waals surface area contributed by atoms with Gasteiger partial charge >= 0.3 is 0 Å². The molecule has 0 unspecified atom stereocenters. The molecule has 3 rings (SSSR count). The number of hydrogen-bond donors (Lipinski definition) is 1. The second-order valence-electron chi connectivity index (χ2n) is 5.76. The topological polar surface area (TPSA) is 32.3 Å². The number of carbonyl (C=O) groups excluding carboxylic acids is 1. The lowest BCUT2D eigenvalue weighted by Gasteiger charge is -2.29. The third-order valence-corrected chi connectivity index (χ3v) is 4.96. The molecule has 0 aromatic carbocycles. The summed E-state index contributed by atoms with van der Waals surface area (Å²) in [6.07, 6.45) is 8.47. The molecule has 4 heteroatoms. The molecule has 1 aromatic heterocycles. The van der Waals surface area contributed by atoms with E-state index in [9.17, 15) is 4.79 Å². The van der Waals surface area contributed by atoms with Crippen LogP contribution in [0.4, 0.5) is 0 Å². The third-order valence-electron chi connectivity index (χ3n) is 4.12. The predicted octanol–water partition coefficient (Wildman–Crippen LogP) is 2.75. The molecule has 1 aliphatic heterocycles. The van der Waals surface area contributed by atoms with Crippen molar-refractivity contribution >= 4 is 23.3 Å². The van der Waals surface area contributed by atoms with Crippen LogP contribution < -0.4 is 5.32 Å². The van der Waals surface area contributed by atoms with Gasteiger partial charge in [-0.2, -0.15) is 0 Å². The van der Waals surface area contributed by atoms with Gasteiger partial charge in [0.2, 0.25) is 5.91 Å². The van der Waals surface area contributed by atoms with Gasteiger partial charge in [-0.3, -0.25) is 4.79 Å². The van der Waals surface area contributed by atoms with Gasteiger partial charge in [-0.1, -0.05) is 6.07 Å². The standard InChI is InChI=1S/C16H22N2OS/c19-16(6-5-15-2-1-11-20-15)18(14-3-4-14)12-13-7-9-17-10-8-13/h1-2,5-6,11,13-14,17H,3-4,7-10,12H2. The first-order valence-electron chi connectivity index (χ1n) is 7.56. The zero-order valence-corrected chi connectivity index (χ0v) is 12.6. The van der Waals surface area contributed by atoms with Crippen molar-refractivity contribution in [1.29, 1.82) is 0 Å². The van der Waals surface area contributed by atoms with Crippen molar-refractivity contribution in [2.75, 3.05) is 19.6 Å². The van der Waals surface area contributed by atoms with Gasteiger partial charge in [-0.15, -0.1) is 11.3 Å². The summed E-state index contributed by atoms with van der Waals surface area (Å²) in [5.74, 6) is 0.871. The Morgan fingerprint density at radius 2 is 2.15 bits per heavy atom. The van der Waals surface area contributed by atoms with Crippen LogP contribution in [-0.4, -0.2) is 36.5 Å².